The summed E-state index contributed by atoms with van der Waals surface area (Å²) in [5.74, 6) is 1.83. The summed E-state index contributed by atoms with van der Waals surface area (Å²) in [4.78, 5) is 24.7. The number of piperidine rings is 1. The summed E-state index contributed by atoms with van der Waals surface area (Å²) < 4.78 is 0. The Hall–Kier alpha value is -3.38. The maximum atomic E-state index is 13.6. The van der Waals surface area contributed by atoms with Crippen LogP contribution in [-0.2, 0) is 0 Å². The van der Waals surface area contributed by atoms with E-state index in [1.807, 2.05) is 54.3 Å². The Labute approximate surface area is 198 Å². The van der Waals surface area contributed by atoms with Crippen LogP contribution in [0.15, 0.2) is 71.9 Å². The van der Waals surface area contributed by atoms with E-state index in [-0.39, 0.29) is 17.7 Å². The number of carbonyl (C=O) groups is 1. The van der Waals surface area contributed by atoms with Gasteiger partial charge in [0.25, 0.3) is 5.91 Å². The Kier molecular flexibility index (Phi) is 5.77. The molecule has 168 valence electrons. The Balaban J connectivity index is 1.36. The molecule has 2 aromatic carbocycles. The number of phenolic OH excluding ortho intramolecular Hbond substituents is 1. The number of para-hydroxylation sites is 2. The second-order valence-corrected chi connectivity index (χ2v) is 9.10. The summed E-state index contributed by atoms with van der Waals surface area (Å²) in [6.45, 7) is 3.12. The molecule has 2 heterocycles. The van der Waals surface area contributed by atoms with Crippen molar-refractivity contribution in [2.24, 2.45) is 16.8 Å². The van der Waals surface area contributed by atoms with Gasteiger partial charge in [-0.15, -0.1) is 0 Å². The zero-order valence-corrected chi connectivity index (χ0v) is 19.0. The molecule has 5 rings (SSSR count). The normalized spacial score (nSPS) is 21.6. The number of aromatic nitrogens is 1. The lowest BCUT2D eigenvalue weighted by Gasteiger charge is -2.27. The number of hydrogen-bond acceptors (Lipinski definition) is 4. The van der Waals surface area contributed by atoms with E-state index in [1.165, 1.54) is 0 Å². The van der Waals surface area contributed by atoms with Crippen LogP contribution in [0.5, 0.6) is 5.75 Å². The van der Waals surface area contributed by atoms with Gasteiger partial charge in [-0.1, -0.05) is 41.9 Å². The standard InChI is InChI=1S/C26H25ClN4O2/c1-16(30-22-9-2-3-10-24(22)32)29-14-23-21-13-18(21)15-31(23)26(33)25-20(8-5-11-28-25)17-6-4-7-19(27)12-17/h2-12,18,21,23,32H,13-15H2,1H3,(H,29,30)/t18-,21-,23-/m1/s1. The number of aliphatic imine (C=N–C) groups is 1. The number of fused-ring (bicyclic) bond motifs is 1. The van der Waals surface area contributed by atoms with Crippen LogP contribution in [0.4, 0.5) is 5.69 Å². The van der Waals surface area contributed by atoms with Crippen LogP contribution >= 0.6 is 11.6 Å². The van der Waals surface area contributed by atoms with Crippen molar-refractivity contribution in [2.75, 3.05) is 18.4 Å². The number of nitrogens with one attached hydrogen (secondary N) is 1. The smallest absolute Gasteiger partial charge is 0.273 e. The van der Waals surface area contributed by atoms with Crippen molar-refractivity contribution in [1.82, 2.24) is 9.88 Å². The van der Waals surface area contributed by atoms with Gasteiger partial charge >= 0.3 is 0 Å². The number of amides is 1. The van der Waals surface area contributed by atoms with E-state index in [1.54, 1.807) is 24.4 Å². The molecule has 0 bridgehead atoms. The molecule has 0 spiro atoms. The molecule has 33 heavy (non-hydrogen) atoms. The number of amidine groups is 1. The van der Waals surface area contributed by atoms with Gasteiger partial charge in [0.15, 0.2) is 0 Å². The third-order valence-corrected chi connectivity index (χ3v) is 6.68. The second-order valence-electron chi connectivity index (χ2n) is 8.66. The third kappa shape index (κ3) is 4.44. The van der Waals surface area contributed by atoms with Gasteiger partial charge in [0.2, 0.25) is 0 Å². The first-order chi connectivity index (χ1) is 16.0. The Bertz CT molecular complexity index is 1230. The summed E-state index contributed by atoms with van der Waals surface area (Å²) >= 11 is 6.19. The van der Waals surface area contributed by atoms with Crippen LogP contribution < -0.4 is 5.32 Å². The van der Waals surface area contributed by atoms with E-state index < -0.39 is 0 Å². The lowest BCUT2D eigenvalue weighted by Crippen LogP contribution is -2.41. The molecule has 2 aliphatic rings. The summed E-state index contributed by atoms with van der Waals surface area (Å²) in [6, 6.07) is 18.3. The molecule has 6 nitrogen and oxygen atoms in total. The molecule has 7 heteroatoms. The largest absolute Gasteiger partial charge is 0.506 e. The number of likely N-dealkylation sites (tertiary alicyclic amines) is 1. The number of pyridine rings is 1. The van der Waals surface area contributed by atoms with Crippen molar-refractivity contribution in [3.05, 3.63) is 77.6 Å². The molecule has 1 amide bonds. The first kappa shape index (κ1) is 21.5. The quantitative estimate of drug-likeness (QED) is 0.315. The number of anilines is 1. The molecule has 1 aromatic heterocycles. The summed E-state index contributed by atoms with van der Waals surface area (Å²) in [5.41, 5.74) is 2.71. The van der Waals surface area contributed by atoms with Crippen molar-refractivity contribution >= 4 is 29.0 Å². The van der Waals surface area contributed by atoms with Crippen LogP contribution in [0.3, 0.4) is 0 Å². The molecule has 0 radical (unpaired) electrons. The number of nitrogens with zero attached hydrogens (tertiary/aromatic N) is 3. The third-order valence-electron chi connectivity index (χ3n) is 6.44. The van der Waals surface area contributed by atoms with Gasteiger partial charge in [0.1, 0.15) is 11.4 Å². The fourth-order valence-electron chi connectivity index (χ4n) is 4.68. The lowest BCUT2D eigenvalue weighted by atomic mass is 10.0. The number of rotatable bonds is 5. The fraction of sp³-hybridized carbons (Fsp3) is 0.269. The van der Waals surface area contributed by atoms with Gasteiger partial charge in [-0.05, 0) is 61.1 Å². The first-order valence-corrected chi connectivity index (χ1v) is 11.5. The molecule has 0 unspecified atom stereocenters. The Morgan fingerprint density at radius 3 is 2.88 bits per heavy atom. The zero-order chi connectivity index (χ0) is 22.9. The van der Waals surface area contributed by atoms with Gasteiger partial charge in [-0.3, -0.25) is 14.8 Å². The molecule has 1 saturated carbocycles. The van der Waals surface area contributed by atoms with Gasteiger partial charge < -0.3 is 15.3 Å². The van der Waals surface area contributed by atoms with Crippen LogP contribution in [0.2, 0.25) is 5.02 Å². The molecular weight excluding hydrogens is 436 g/mol. The predicted molar refractivity (Wildman–Crippen MR) is 131 cm³/mol. The number of benzene rings is 2. The summed E-state index contributed by atoms with van der Waals surface area (Å²) in [7, 11) is 0. The van der Waals surface area contributed by atoms with Crippen LogP contribution in [-0.4, -0.2) is 45.9 Å². The van der Waals surface area contributed by atoms with E-state index in [0.717, 1.165) is 24.1 Å². The topological polar surface area (TPSA) is 77.8 Å². The average Bonchev–Trinajstić information content (AvgIpc) is 3.50. The number of carbonyl (C=O) groups excluding carboxylic acids is 1. The molecule has 1 saturated heterocycles. The number of hydrogen-bond donors (Lipinski definition) is 2. The van der Waals surface area contributed by atoms with Crippen LogP contribution in [0.1, 0.15) is 23.8 Å². The zero-order valence-electron chi connectivity index (χ0n) is 18.3. The van der Waals surface area contributed by atoms with Crippen LogP contribution in [0, 0.1) is 11.8 Å². The molecule has 2 fully saturated rings. The SMILES string of the molecule is CC(=NC[C@@H]1[C@@H]2C[C@@H]2CN1C(=O)c1ncccc1-c1cccc(Cl)c1)Nc1ccccc1O. The highest BCUT2D eigenvalue weighted by Crippen LogP contribution is 2.50. The van der Waals surface area contributed by atoms with Crippen molar-refractivity contribution in [3.8, 4) is 16.9 Å². The van der Waals surface area contributed by atoms with Crippen molar-refractivity contribution < 1.29 is 9.90 Å². The number of phenols is 1. The van der Waals surface area contributed by atoms with E-state index in [0.29, 0.717) is 40.6 Å². The minimum Gasteiger partial charge on any atom is -0.506 e. The predicted octanol–water partition coefficient (Wildman–Crippen LogP) is 5.10. The second kappa shape index (κ2) is 8.87. The maximum absolute atomic E-state index is 13.6. The van der Waals surface area contributed by atoms with Crippen molar-refractivity contribution in [1.29, 1.82) is 0 Å². The maximum Gasteiger partial charge on any atom is 0.273 e. The number of aromatic hydroxyl groups is 1. The molecule has 2 N–H and O–H groups in total. The van der Waals surface area contributed by atoms with E-state index in [4.69, 9.17) is 16.6 Å². The minimum atomic E-state index is -0.0655. The molecular formula is C26H25ClN4O2. The molecule has 1 aliphatic carbocycles. The van der Waals surface area contributed by atoms with E-state index in [2.05, 4.69) is 10.3 Å². The Morgan fingerprint density at radius 2 is 2.06 bits per heavy atom. The van der Waals surface area contributed by atoms with Gasteiger partial charge in [-0.2, -0.15) is 0 Å². The molecule has 3 aromatic rings. The summed E-state index contributed by atoms with van der Waals surface area (Å²) in [6.07, 6.45) is 2.80. The fourth-order valence-corrected chi connectivity index (χ4v) is 4.87. The van der Waals surface area contributed by atoms with Crippen LogP contribution in [0.25, 0.3) is 11.1 Å². The van der Waals surface area contributed by atoms with E-state index >= 15 is 0 Å². The highest BCUT2D eigenvalue weighted by Gasteiger charge is 2.54. The van der Waals surface area contributed by atoms with Gasteiger partial charge in [0, 0.05) is 23.3 Å². The lowest BCUT2D eigenvalue weighted by molar-refractivity contribution is 0.0707. The Morgan fingerprint density at radius 1 is 1.21 bits per heavy atom. The number of halogens is 1. The van der Waals surface area contributed by atoms with Crippen molar-refractivity contribution in [2.45, 2.75) is 19.4 Å². The van der Waals surface area contributed by atoms with Gasteiger partial charge in [0.05, 0.1) is 24.1 Å². The van der Waals surface area contributed by atoms with E-state index in [9.17, 15) is 9.90 Å². The highest BCUT2D eigenvalue weighted by atomic mass is 35.5. The average molecular weight is 461 g/mol. The minimum absolute atomic E-state index is 0.0397. The summed E-state index contributed by atoms with van der Waals surface area (Å²) in [5, 5.41) is 13.7. The van der Waals surface area contributed by atoms with Gasteiger partial charge in [-0.25, -0.2) is 0 Å². The monoisotopic (exact) mass is 460 g/mol. The highest BCUT2D eigenvalue weighted by molar-refractivity contribution is 6.30. The molecule has 1 aliphatic heterocycles. The van der Waals surface area contributed by atoms with Crippen molar-refractivity contribution in [3.63, 3.8) is 0 Å². The first-order valence-electron chi connectivity index (χ1n) is 11.1. The molecule has 3 atom stereocenters.